The SMILES string of the molecule is CC(C)c1ccc(N)c(C#CCNC(=O)OCC2c3ccccc3-c3ccccc32)c1. The Morgan fingerprint density at radius 1 is 1.03 bits per heavy atom. The highest BCUT2D eigenvalue weighted by molar-refractivity contribution is 5.79. The van der Waals surface area contributed by atoms with Crippen molar-refractivity contribution in [3.05, 3.63) is 89.0 Å². The summed E-state index contributed by atoms with van der Waals surface area (Å²) >= 11 is 0. The van der Waals surface area contributed by atoms with Gasteiger partial charge in [0.2, 0.25) is 0 Å². The fourth-order valence-corrected chi connectivity index (χ4v) is 3.95. The first-order valence-corrected chi connectivity index (χ1v) is 10.5. The largest absolute Gasteiger partial charge is 0.449 e. The molecule has 0 fully saturated rings. The van der Waals surface area contributed by atoms with Gasteiger partial charge in [0.25, 0.3) is 0 Å². The molecule has 4 rings (SSSR count). The minimum atomic E-state index is -0.472. The Labute approximate surface area is 183 Å². The number of benzene rings is 3. The maximum atomic E-state index is 12.2. The first-order valence-electron chi connectivity index (χ1n) is 10.5. The van der Waals surface area contributed by atoms with Gasteiger partial charge in [-0.05, 0) is 45.9 Å². The summed E-state index contributed by atoms with van der Waals surface area (Å²) in [7, 11) is 0. The summed E-state index contributed by atoms with van der Waals surface area (Å²) in [6.45, 7) is 4.74. The van der Waals surface area contributed by atoms with Gasteiger partial charge in [0.1, 0.15) is 6.61 Å². The monoisotopic (exact) mass is 410 g/mol. The van der Waals surface area contributed by atoms with Gasteiger partial charge in [0.05, 0.1) is 6.54 Å². The molecule has 0 aromatic heterocycles. The molecular formula is C27H26N2O2. The number of alkyl carbamates (subject to hydrolysis) is 1. The third-order valence-electron chi connectivity index (χ3n) is 5.63. The Morgan fingerprint density at radius 2 is 1.68 bits per heavy atom. The number of nitrogen functional groups attached to an aromatic ring is 1. The van der Waals surface area contributed by atoms with E-state index in [1.165, 1.54) is 27.8 Å². The van der Waals surface area contributed by atoms with Crippen molar-refractivity contribution in [1.82, 2.24) is 5.32 Å². The number of carbonyl (C=O) groups is 1. The predicted molar refractivity (Wildman–Crippen MR) is 125 cm³/mol. The Hall–Kier alpha value is -3.71. The highest BCUT2D eigenvalue weighted by Crippen LogP contribution is 2.44. The van der Waals surface area contributed by atoms with Gasteiger partial charge >= 0.3 is 6.09 Å². The second kappa shape index (κ2) is 8.97. The van der Waals surface area contributed by atoms with E-state index in [-0.39, 0.29) is 19.1 Å². The molecule has 0 unspecified atom stereocenters. The summed E-state index contributed by atoms with van der Waals surface area (Å²) in [5, 5.41) is 2.71. The average Bonchev–Trinajstić information content (AvgIpc) is 3.10. The molecule has 3 aromatic carbocycles. The second-order valence-corrected chi connectivity index (χ2v) is 7.98. The normalized spacial score (nSPS) is 12.0. The first-order chi connectivity index (χ1) is 15.0. The third kappa shape index (κ3) is 4.41. The van der Waals surface area contributed by atoms with E-state index < -0.39 is 6.09 Å². The molecule has 156 valence electrons. The van der Waals surface area contributed by atoms with Crippen LogP contribution in [0.2, 0.25) is 0 Å². The summed E-state index contributed by atoms with van der Waals surface area (Å²) in [5.74, 6) is 6.45. The van der Waals surface area contributed by atoms with Crippen LogP contribution in [0.15, 0.2) is 66.7 Å². The van der Waals surface area contributed by atoms with Crippen molar-refractivity contribution < 1.29 is 9.53 Å². The van der Waals surface area contributed by atoms with Gasteiger partial charge in [-0.15, -0.1) is 0 Å². The lowest BCUT2D eigenvalue weighted by Crippen LogP contribution is -2.26. The Balaban J connectivity index is 1.35. The number of rotatable bonds is 4. The van der Waals surface area contributed by atoms with E-state index in [1.807, 2.05) is 42.5 Å². The molecule has 0 saturated carbocycles. The number of nitrogens with two attached hydrogens (primary N) is 1. The minimum absolute atomic E-state index is 0.0443. The van der Waals surface area contributed by atoms with Crippen LogP contribution < -0.4 is 11.1 Å². The van der Waals surface area contributed by atoms with Gasteiger partial charge in [-0.3, -0.25) is 0 Å². The molecule has 0 spiro atoms. The van der Waals surface area contributed by atoms with E-state index in [0.717, 1.165) is 5.56 Å². The van der Waals surface area contributed by atoms with Crippen molar-refractivity contribution in [3.63, 3.8) is 0 Å². The first kappa shape index (κ1) is 20.6. The van der Waals surface area contributed by atoms with Gasteiger partial charge < -0.3 is 15.8 Å². The maximum absolute atomic E-state index is 12.2. The lowest BCUT2D eigenvalue weighted by molar-refractivity contribution is 0.144. The summed E-state index contributed by atoms with van der Waals surface area (Å²) in [6.07, 6.45) is -0.472. The van der Waals surface area contributed by atoms with Crippen LogP contribution in [0.25, 0.3) is 11.1 Å². The minimum Gasteiger partial charge on any atom is -0.449 e. The number of ether oxygens (including phenoxy) is 1. The van der Waals surface area contributed by atoms with E-state index in [2.05, 4.69) is 55.3 Å². The molecule has 0 bridgehead atoms. The molecule has 0 aliphatic heterocycles. The van der Waals surface area contributed by atoms with E-state index in [1.54, 1.807) is 0 Å². The lowest BCUT2D eigenvalue weighted by Gasteiger charge is -2.14. The van der Waals surface area contributed by atoms with Crippen LogP contribution >= 0.6 is 0 Å². The zero-order valence-electron chi connectivity index (χ0n) is 17.8. The van der Waals surface area contributed by atoms with Crippen LogP contribution in [-0.4, -0.2) is 19.2 Å². The molecule has 1 aliphatic carbocycles. The molecule has 1 amide bonds. The van der Waals surface area contributed by atoms with Crippen LogP contribution in [0, 0.1) is 11.8 Å². The smallest absolute Gasteiger partial charge is 0.407 e. The summed E-state index contributed by atoms with van der Waals surface area (Å²) in [6, 6.07) is 22.4. The fourth-order valence-electron chi connectivity index (χ4n) is 3.95. The molecule has 3 N–H and O–H groups in total. The molecule has 0 saturated heterocycles. The van der Waals surface area contributed by atoms with E-state index in [9.17, 15) is 4.79 Å². The molecule has 4 nitrogen and oxygen atoms in total. The standard InChI is InChI=1S/C27H26N2O2/c1-18(2)19-13-14-26(28)20(16-19)8-7-15-29-27(30)31-17-25-23-11-5-3-9-21(23)22-10-4-6-12-24(22)25/h3-6,9-14,16,18,25H,15,17,28H2,1-2H3,(H,29,30). The van der Waals surface area contributed by atoms with Gasteiger partial charge in [0, 0.05) is 17.2 Å². The number of anilines is 1. The van der Waals surface area contributed by atoms with Crippen molar-refractivity contribution in [2.24, 2.45) is 0 Å². The molecule has 0 heterocycles. The molecular weight excluding hydrogens is 384 g/mol. The van der Waals surface area contributed by atoms with E-state index >= 15 is 0 Å². The van der Waals surface area contributed by atoms with Crippen molar-refractivity contribution in [1.29, 1.82) is 0 Å². The zero-order chi connectivity index (χ0) is 21.8. The zero-order valence-corrected chi connectivity index (χ0v) is 17.8. The number of amides is 1. The molecule has 4 heteroatoms. The van der Waals surface area contributed by atoms with Gasteiger partial charge in [-0.2, -0.15) is 0 Å². The second-order valence-electron chi connectivity index (χ2n) is 7.98. The quantitative estimate of drug-likeness (QED) is 0.454. The number of fused-ring (bicyclic) bond motifs is 3. The molecule has 31 heavy (non-hydrogen) atoms. The molecule has 0 radical (unpaired) electrons. The van der Waals surface area contributed by atoms with Crippen LogP contribution in [0.5, 0.6) is 0 Å². The third-order valence-corrected chi connectivity index (χ3v) is 5.63. The van der Waals surface area contributed by atoms with Crippen LogP contribution in [-0.2, 0) is 4.74 Å². The maximum Gasteiger partial charge on any atom is 0.407 e. The highest BCUT2D eigenvalue weighted by Gasteiger charge is 2.28. The predicted octanol–water partition coefficient (Wildman–Crippen LogP) is 5.28. The number of hydrogen-bond acceptors (Lipinski definition) is 3. The summed E-state index contributed by atoms with van der Waals surface area (Å²) < 4.78 is 5.52. The number of nitrogens with one attached hydrogen (secondary N) is 1. The van der Waals surface area contributed by atoms with E-state index in [4.69, 9.17) is 10.5 Å². The lowest BCUT2D eigenvalue weighted by atomic mass is 9.98. The molecule has 0 atom stereocenters. The van der Waals surface area contributed by atoms with Gasteiger partial charge in [-0.25, -0.2) is 4.79 Å². The number of hydrogen-bond donors (Lipinski definition) is 2. The molecule has 1 aliphatic rings. The summed E-state index contributed by atoms with van der Waals surface area (Å²) in [4.78, 5) is 12.2. The topological polar surface area (TPSA) is 64.3 Å². The fraction of sp³-hybridized carbons (Fsp3) is 0.222. The highest BCUT2D eigenvalue weighted by atomic mass is 16.5. The van der Waals surface area contributed by atoms with Crippen LogP contribution in [0.3, 0.4) is 0 Å². The Kier molecular flexibility index (Phi) is 5.95. The average molecular weight is 411 g/mol. The van der Waals surface area contributed by atoms with E-state index in [0.29, 0.717) is 11.6 Å². The van der Waals surface area contributed by atoms with Crippen molar-refractivity contribution in [2.45, 2.75) is 25.7 Å². The Morgan fingerprint density at radius 3 is 2.32 bits per heavy atom. The van der Waals surface area contributed by atoms with Gasteiger partial charge in [-0.1, -0.05) is 80.3 Å². The van der Waals surface area contributed by atoms with Crippen molar-refractivity contribution in [2.75, 3.05) is 18.9 Å². The van der Waals surface area contributed by atoms with Crippen LogP contribution in [0.1, 0.15) is 47.9 Å². The Bertz CT molecular complexity index is 1130. The molecule has 3 aromatic rings. The van der Waals surface area contributed by atoms with Crippen LogP contribution in [0.4, 0.5) is 10.5 Å². The number of carbonyl (C=O) groups excluding carboxylic acids is 1. The van der Waals surface area contributed by atoms with Gasteiger partial charge in [0.15, 0.2) is 0 Å². The van der Waals surface area contributed by atoms with Crippen molar-refractivity contribution >= 4 is 11.8 Å². The van der Waals surface area contributed by atoms with Crippen molar-refractivity contribution in [3.8, 4) is 23.0 Å². The summed E-state index contributed by atoms with van der Waals surface area (Å²) in [5.41, 5.74) is 13.4.